The maximum Gasteiger partial charge on any atom is 0.141 e. The van der Waals surface area contributed by atoms with Crippen LogP contribution in [0.1, 0.15) is 0 Å². The molecule has 0 unspecified atom stereocenters. The first-order valence-electron chi connectivity index (χ1n) is 12.4. The first kappa shape index (κ1) is 26.9. The first-order chi connectivity index (χ1) is 19.5. The maximum absolute atomic E-state index is 6.50. The Labute approximate surface area is 259 Å². The zero-order valence-electron chi connectivity index (χ0n) is 20.9. The number of halogens is 4. The minimum absolute atomic E-state index is 0.633. The predicted molar refractivity (Wildman–Crippen MR) is 173 cm³/mol. The van der Waals surface area contributed by atoms with Gasteiger partial charge in [0.05, 0.1) is 8.95 Å². The van der Waals surface area contributed by atoms with Crippen molar-refractivity contribution in [2.75, 3.05) is 0 Å². The first-order valence-corrected chi connectivity index (χ1v) is 14.8. The highest BCUT2D eigenvalue weighted by Crippen LogP contribution is 2.47. The van der Waals surface area contributed by atoms with Crippen LogP contribution in [0, 0.1) is 0 Å². The molecule has 0 atom stereocenters. The number of hydrogen-bond donors (Lipinski definition) is 0. The van der Waals surface area contributed by atoms with Crippen molar-refractivity contribution < 1.29 is 9.47 Å². The molecular formula is C34H20Br2Cl2O2. The fourth-order valence-electron chi connectivity index (χ4n) is 4.69. The molecule has 0 heterocycles. The van der Waals surface area contributed by atoms with Gasteiger partial charge in [-0.25, -0.2) is 0 Å². The molecule has 6 aromatic rings. The normalized spacial score (nSPS) is 11.0. The Kier molecular flexibility index (Phi) is 7.86. The molecule has 0 aliphatic heterocycles. The van der Waals surface area contributed by atoms with E-state index in [-0.39, 0.29) is 0 Å². The molecule has 0 saturated heterocycles. The van der Waals surface area contributed by atoms with Crippen molar-refractivity contribution in [2.24, 2.45) is 0 Å². The standard InChI is InChI=1S/C34H20Br2Cl2O2/c35-27-19-23(37)11-15-29(27)39-31-17-14-26-25(33(31)21-7-3-1-4-8-21)13-18-32(34(26)22-9-5-2-6-10-22)40-30-16-12-24(38)20-28(30)36/h1-20H. The van der Waals surface area contributed by atoms with E-state index in [1.807, 2.05) is 84.9 Å². The van der Waals surface area contributed by atoms with Gasteiger partial charge in [-0.15, -0.1) is 0 Å². The second kappa shape index (κ2) is 11.7. The Morgan fingerprint density at radius 2 is 0.800 bits per heavy atom. The van der Waals surface area contributed by atoms with Gasteiger partial charge in [-0.3, -0.25) is 0 Å². The van der Waals surface area contributed by atoms with Crippen LogP contribution < -0.4 is 9.47 Å². The molecule has 0 aromatic heterocycles. The molecule has 0 fully saturated rings. The van der Waals surface area contributed by atoms with E-state index in [1.54, 1.807) is 0 Å². The van der Waals surface area contributed by atoms with Crippen molar-refractivity contribution in [3.8, 4) is 45.3 Å². The molecule has 0 radical (unpaired) electrons. The molecule has 0 saturated carbocycles. The van der Waals surface area contributed by atoms with Crippen molar-refractivity contribution in [3.05, 3.63) is 140 Å². The Hall–Kier alpha value is -3.28. The fraction of sp³-hybridized carbons (Fsp3) is 0. The van der Waals surface area contributed by atoms with Gasteiger partial charge in [0.25, 0.3) is 0 Å². The highest BCUT2D eigenvalue weighted by atomic mass is 79.9. The largest absolute Gasteiger partial charge is 0.456 e. The second-order valence-corrected chi connectivity index (χ2v) is 11.6. The van der Waals surface area contributed by atoms with E-state index in [9.17, 15) is 0 Å². The van der Waals surface area contributed by atoms with E-state index >= 15 is 0 Å². The van der Waals surface area contributed by atoms with Gasteiger partial charge < -0.3 is 9.47 Å². The van der Waals surface area contributed by atoms with Gasteiger partial charge in [-0.2, -0.15) is 0 Å². The zero-order valence-corrected chi connectivity index (χ0v) is 25.6. The van der Waals surface area contributed by atoms with E-state index in [4.69, 9.17) is 32.7 Å². The molecule has 40 heavy (non-hydrogen) atoms. The summed E-state index contributed by atoms with van der Waals surface area (Å²) in [4.78, 5) is 0. The molecule has 6 rings (SSSR count). The summed E-state index contributed by atoms with van der Waals surface area (Å²) in [5, 5.41) is 3.34. The van der Waals surface area contributed by atoms with Crippen molar-refractivity contribution in [3.63, 3.8) is 0 Å². The number of rotatable bonds is 6. The fourth-order valence-corrected chi connectivity index (χ4v) is 6.22. The van der Waals surface area contributed by atoms with Crippen LogP contribution in [0.5, 0.6) is 23.0 Å². The third-order valence-electron chi connectivity index (χ3n) is 6.48. The third-order valence-corrected chi connectivity index (χ3v) is 8.19. The van der Waals surface area contributed by atoms with E-state index < -0.39 is 0 Å². The average Bonchev–Trinajstić information content (AvgIpc) is 2.96. The van der Waals surface area contributed by atoms with Crippen LogP contribution in [0.25, 0.3) is 33.0 Å². The zero-order chi connectivity index (χ0) is 27.6. The molecule has 0 aliphatic carbocycles. The van der Waals surface area contributed by atoms with Crippen LogP contribution in [0.4, 0.5) is 0 Å². The van der Waals surface area contributed by atoms with Crippen LogP contribution in [0.3, 0.4) is 0 Å². The average molecular weight is 691 g/mol. The lowest BCUT2D eigenvalue weighted by Crippen LogP contribution is -1.95. The van der Waals surface area contributed by atoms with Gasteiger partial charge in [-0.1, -0.05) is 83.9 Å². The van der Waals surface area contributed by atoms with E-state index in [0.29, 0.717) is 21.5 Å². The molecule has 0 amide bonds. The quantitative estimate of drug-likeness (QED) is 0.173. The smallest absolute Gasteiger partial charge is 0.141 e. The minimum Gasteiger partial charge on any atom is -0.456 e. The molecule has 0 N–H and O–H groups in total. The molecule has 6 aromatic carbocycles. The SMILES string of the molecule is Clc1ccc(Oc2ccc3c(-c4ccccc4)c(Oc4ccc(Cl)cc4Br)ccc3c2-c2ccccc2)c(Br)c1. The van der Waals surface area contributed by atoms with Gasteiger partial charge in [-0.05, 0) is 114 Å². The summed E-state index contributed by atoms with van der Waals surface area (Å²) >= 11 is 19.5. The van der Waals surface area contributed by atoms with Crippen LogP contribution in [0.15, 0.2) is 130 Å². The van der Waals surface area contributed by atoms with Crippen LogP contribution in [-0.4, -0.2) is 0 Å². The van der Waals surface area contributed by atoms with Crippen molar-refractivity contribution in [1.82, 2.24) is 0 Å². The molecule has 6 heteroatoms. The number of hydrogen-bond acceptors (Lipinski definition) is 2. The Morgan fingerprint density at radius 1 is 0.425 bits per heavy atom. The van der Waals surface area contributed by atoms with Gasteiger partial charge in [0.15, 0.2) is 0 Å². The maximum atomic E-state index is 6.50. The Balaban J connectivity index is 1.59. The summed E-state index contributed by atoms with van der Waals surface area (Å²) in [5.74, 6) is 2.82. The third kappa shape index (κ3) is 5.50. The lowest BCUT2D eigenvalue weighted by atomic mass is 9.91. The molecule has 196 valence electrons. The lowest BCUT2D eigenvalue weighted by Gasteiger charge is -2.20. The molecular weight excluding hydrogens is 671 g/mol. The molecule has 2 nitrogen and oxygen atoms in total. The predicted octanol–water partition coefficient (Wildman–Crippen LogP) is 12.6. The van der Waals surface area contributed by atoms with Crippen LogP contribution in [0.2, 0.25) is 10.0 Å². The summed E-state index contributed by atoms with van der Waals surface area (Å²) in [5.41, 5.74) is 4.05. The van der Waals surface area contributed by atoms with Gasteiger partial charge in [0.1, 0.15) is 23.0 Å². The summed E-state index contributed by atoms with van der Waals surface area (Å²) in [6.45, 7) is 0. The number of fused-ring (bicyclic) bond motifs is 1. The summed E-state index contributed by atoms with van der Waals surface area (Å²) in [7, 11) is 0. The topological polar surface area (TPSA) is 18.5 Å². The molecule has 0 spiro atoms. The highest BCUT2D eigenvalue weighted by molar-refractivity contribution is 9.11. The summed E-state index contributed by atoms with van der Waals surface area (Å²) in [6, 6.07) is 39.7. The van der Waals surface area contributed by atoms with E-state index in [0.717, 1.165) is 53.5 Å². The van der Waals surface area contributed by atoms with Gasteiger partial charge in [0.2, 0.25) is 0 Å². The Bertz CT molecular complexity index is 1710. The van der Waals surface area contributed by atoms with E-state index in [1.165, 1.54) is 0 Å². The second-order valence-electron chi connectivity index (χ2n) is 9.06. The molecule has 0 aliphatic rings. The number of ether oxygens (including phenoxy) is 2. The lowest BCUT2D eigenvalue weighted by molar-refractivity contribution is 0.480. The van der Waals surface area contributed by atoms with Crippen molar-refractivity contribution >= 4 is 65.8 Å². The van der Waals surface area contributed by atoms with Crippen molar-refractivity contribution in [1.29, 1.82) is 0 Å². The monoisotopic (exact) mass is 688 g/mol. The van der Waals surface area contributed by atoms with Gasteiger partial charge in [0, 0.05) is 21.2 Å². The number of benzene rings is 6. The minimum atomic E-state index is 0.633. The highest BCUT2D eigenvalue weighted by Gasteiger charge is 2.19. The van der Waals surface area contributed by atoms with E-state index in [2.05, 4.69) is 68.3 Å². The summed E-state index contributed by atoms with van der Waals surface area (Å²) < 4.78 is 14.6. The van der Waals surface area contributed by atoms with Crippen molar-refractivity contribution in [2.45, 2.75) is 0 Å². The van der Waals surface area contributed by atoms with Gasteiger partial charge >= 0.3 is 0 Å². The van der Waals surface area contributed by atoms with Crippen LogP contribution >= 0.6 is 55.1 Å². The Morgan fingerprint density at radius 3 is 1.18 bits per heavy atom. The molecule has 0 bridgehead atoms. The summed E-state index contributed by atoms with van der Waals surface area (Å²) in [6.07, 6.45) is 0. The van der Waals surface area contributed by atoms with Crippen LogP contribution in [-0.2, 0) is 0 Å².